The van der Waals surface area contributed by atoms with Crippen molar-refractivity contribution in [3.05, 3.63) is 18.2 Å². The van der Waals surface area contributed by atoms with Crippen LogP contribution in [0.25, 0.3) is 0 Å². The quantitative estimate of drug-likeness (QED) is 0.812. The van der Waals surface area contributed by atoms with E-state index < -0.39 is 0 Å². The maximum Gasteiger partial charge on any atom is 0.232 e. The molecule has 146 valence electrons. The number of hydrogen-bond acceptors (Lipinski definition) is 5. The Kier molecular flexibility index (Phi) is 6.64. The molecule has 1 N–H and O–H groups in total. The third kappa shape index (κ3) is 4.26. The SMILES string of the molecule is CCSCC(=O)N1CCC2(CCN(Cc3cncn3C)CC2)[C@@H](CO)C1. The average molecular weight is 381 g/mol. The Morgan fingerprint density at radius 1 is 1.35 bits per heavy atom. The number of thioether (sulfide) groups is 1. The second-order valence-electron chi connectivity index (χ2n) is 7.74. The number of carbonyl (C=O) groups is 1. The van der Waals surface area contributed by atoms with E-state index in [0.717, 1.165) is 57.7 Å². The Morgan fingerprint density at radius 3 is 2.69 bits per heavy atom. The number of aryl methyl sites for hydroxylation is 1. The van der Waals surface area contributed by atoms with E-state index in [2.05, 4.69) is 21.4 Å². The van der Waals surface area contributed by atoms with Crippen LogP contribution in [0, 0.1) is 11.3 Å². The van der Waals surface area contributed by atoms with Crippen LogP contribution in [0.2, 0.25) is 0 Å². The van der Waals surface area contributed by atoms with Gasteiger partial charge in [-0.25, -0.2) is 4.98 Å². The fourth-order valence-corrected chi connectivity index (χ4v) is 5.01. The van der Waals surface area contributed by atoms with Gasteiger partial charge in [0.2, 0.25) is 5.91 Å². The van der Waals surface area contributed by atoms with Crippen molar-refractivity contribution < 1.29 is 9.90 Å². The van der Waals surface area contributed by atoms with Crippen molar-refractivity contribution in [3.8, 4) is 0 Å². The molecule has 0 unspecified atom stereocenters. The molecule has 26 heavy (non-hydrogen) atoms. The van der Waals surface area contributed by atoms with Crippen molar-refractivity contribution in [2.75, 3.05) is 44.3 Å². The summed E-state index contributed by atoms with van der Waals surface area (Å²) in [5.74, 6) is 1.99. The van der Waals surface area contributed by atoms with E-state index in [0.29, 0.717) is 5.75 Å². The molecule has 1 amide bonds. The van der Waals surface area contributed by atoms with Gasteiger partial charge in [-0.1, -0.05) is 6.92 Å². The molecule has 1 spiro atoms. The zero-order valence-corrected chi connectivity index (χ0v) is 16.9. The molecule has 1 aromatic heterocycles. The van der Waals surface area contributed by atoms with Crippen LogP contribution in [-0.4, -0.2) is 74.7 Å². The summed E-state index contributed by atoms with van der Waals surface area (Å²) in [7, 11) is 2.04. The van der Waals surface area contributed by atoms with E-state index in [9.17, 15) is 9.90 Å². The number of nitrogens with zero attached hydrogens (tertiary/aromatic N) is 4. The number of aliphatic hydroxyl groups excluding tert-OH is 1. The van der Waals surface area contributed by atoms with Crippen LogP contribution in [0.3, 0.4) is 0 Å². The van der Waals surface area contributed by atoms with Crippen LogP contribution in [0.15, 0.2) is 12.5 Å². The zero-order chi connectivity index (χ0) is 18.6. The number of amides is 1. The summed E-state index contributed by atoms with van der Waals surface area (Å²) in [5, 5.41) is 10.0. The lowest BCUT2D eigenvalue weighted by Crippen LogP contribution is -2.54. The molecule has 0 radical (unpaired) electrons. The minimum Gasteiger partial charge on any atom is -0.396 e. The predicted octanol–water partition coefficient (Wildman–Crippen LogP) is 1.60. The Labute approximate surface area is 160 Å². The molecule has 7 heteroatoms. The van der Waals surface area contributed by atoms with E-state index in [1.54, 1.807) is 11.8 Å². The molecule has 0 aliphatic carbocycles. The van der Waals surface area contributed by atoms with E-state index in [1.165, 1.54) is 5.69 Å². The lowest BCUT2D eigenvalue weighted by molar-refractivity contribution is -0.135. The lowest BCUT2D eigenvalue weighted by Gasteiger charge is -2.51. The fourth-order valence-electron chi connectivity index (χ4n) is 4.45. The van der Waals surface area contributed by atoms with Gasteiger partial charge in [0.25, 0.3) is 0 Å². The van der Waals surface area contributed by atoms with Crippen LogP contribution in [-0.2, 0) is 18.4 Å². The highest BCUT2D eigenvalue weighted by molar-refractivity contribution is 7.99. The maximum absolute atomic E-state index is 12.4. The van der Waals surface area contributed by atoms with Crippen LogP contribution in [0.1, 0.15) is 31.9 Å². The third-order valence-electron chi connectivity index (χ3n) is 6.34. The summed E-state index contributed by atoms with van der Waals surface area (Å²) in [4.78, 5) is 21.0. The molecular formula is C19H32N4O2S. The molecule has 2 saturated heterocycles. The molecule has 1 atom stereocenters. The smallest absolute Gasteiger partial charge is 0.232 e. The van der Waals surface area contributed by atoms with Crippen LogP contribution in [0.5, 0.6) is 0 Å². The number of aromatic nitrogens is 2. The van der Waals surface area contributed by atoms with Crippen molar-refractivity contribution in [1.29, 1.82) is 0 Å². The van der Waals surface area contributed by atoms with E-state index in [1.807, 2.05) is 24.5 Å². The average Bonchev–Trinajstić information content (AvgIpc) is 3.06. The molecule has 2 fully saturated rings. The summed E-state index contributed by atoms with van der Waals surface area (Å²) in [6, 6.07) is 0. The molecule has 1 aromatic rings. The van der Waals surface area contributed by atoms with E-state index >= 15 is 0 Å². The maximum atomic E-state index is 12.4. The number of hydrogen-bond donors (Lipinski definition) is 1. The van der Waals surface area contributed by atoms with Gasteiger partial charge in [0.05, 0.1) is 17.8 Å². The largest absolute Gasteiger partial charge is 0.396 e. The highest BCUT2D eigenvalue weighted by Gasteiger charge is 2.45. The number of aliphatic hydroxyl groups is 1. The first-order valence-electron chi connectivity index (χ1n) is 9.72. The van der Waals surface area contributed by atoms with Gasteiger partial charge in [0.15, 0.2) is 0 Å². The summed E-state index contributed by atoms with van der Waals surface area (Å²) < 4.78 is 2.08. The summed E-state index contributed by atoms with van der Waals surface area (Å²) in [6.07, 6.45) is 7.05. The van der Waals surface area contributed by atoms with Gasteiger partial charge in [-0.05, 0) is 43.5 Å². The summed E-state index contributed by atoms with van der Waals surface area (Å²) in [6.45, 7) is 6.89. The van der Waals surface area contributed by atoms with Crippen LogP contribution in [0.4, 0.5) is 0 Å². The Morgan fingerprint density at radius 2 is 2.08 bits per heavy atom. The molecule has 0 saturated carbocycles. The minimum atomic E-state index is 0.187. The minimum absolute atomic E-state index is 0.187. The van der Waals surface area contributed by atoms with E-state index in [4.69, 9.17) is 0 Å². The van der Waals surface area contributed by atoms with Crippen molar-refractivity contribution in [3.63, 3.8) is 0 Å². The Balaban J connectivity index is 1.56. The van der Waals surface area contributed by atoms with Gasteiger partial charge in [0, 0.05) is 45.4 Å². The van der Waals surface area contributed by atoms with Gasteiger partial charge in [-0.15, -0.1) is 0 Å². The van der Waals surface area contributed by atoms with Gasteiger partial charge in [-0.3, -0.25) is 9.69 Å². The Hall–Kier alpha value is -1.05. The second kappa shape index (κ2) is 8.76. The fraction of sp³-hybridized carbons (Fsp3) is 0.789. The first kappa shape index (κ1) is 19.7. The molecule has 0 bridgehead atoms. The number of piperidine rings is 2. The van der Waals surface area contributed by atoms with Crippen molar-refractivity contribution >= 4 is 17.7 Å². The molecule has 3 rings (SSSR count). The topological polar surface area (TPSA) is 61.6 Å². The number of imidazole rings is 1. The molecule has 2 aliphatic rings. The van der Waals surface area contributed by atoms with Gasteiger partial charge < -0.3 is 14.6 Å². The third-order valence-corrected chi connectivity index (χ3v) is 7.20. The molecule has 0 aromatic carbocycles. The van der Waals surface area contributed by atoms with Crippen molar-refractivity contribution in [2.24, 2.45) is 18.4 Å². The standard InChI is InChI=1S/C19H32N4O2S/c1-3-26-14-18(25)23-9-6-19(16(11-23)13-24)4-7-22(8-5-19)12-17-10-20-15-21(17)2/h10,15-16,24H,3-9,11-14H2,1-2H3/t16-/m1/s1. The summed E-state index contributed by atoms with van der Waals surface area (Å²) >= 11 is 1.68. The van der Waals surface area contributed by atoms with E-state index in [-0.39, 0.29) is 23.8 Å². The number of likely N-dealkylation sites (tertiary alicyclic amines) is 2. The number of rotatable bonds is 6. The first-order valence-corrected chi connectivity index (χ1v) is 10.9. The summed E-state index contributed by atoms with van der Waals surface area (Å²) in [5.41, 5.74) is 1.44. The highest BCUT2D eigenvalue weighted by Crippen LogP contribution is 2.45. The molecular weight excluding hydrogens is 348 g/mol. The van der Waals surface area contributed by atoms with Gasteiger partial charge in [0.1, 0.15) is 0 Å². The van der Waals surface area contributed by atoms with Crippen LogP contribution >= 0.6 is 11.8 Å². The molecule has 2 aliphatic heterocycles. The first-order chi connectivity index (χ1) is 12.6. The van der Waals surface area contributed by atoms with Crippen LogP contribution < -0.4 is 0 Å². The predicted molar refractivity (Wildman–Crippen MR) is 105 cm³/mol. The van der Waals surface area contributed by atoms with Crippen molar-refractivity contribution in [2.45, 2.75) is 32.7 Å². The molecule has 6 nitrogen and oxygen atoms in total. The number of carbonyl (C=O) groups excluding carboxylic acids is 1. The highest BCUT2D eigenvalue weighted by atomic mass is 32.2. The molecule has 3 heterocycles. The monoisotopic (exact) mass is 380 g/mol. The lowest BCUT2D eigenvalue weighted by atomic mass is 9.64. The van der Waals surface area contributed by atoms with Gasteiger partial charge in [-0.2, -0.15) is 11.8 Å². The Bertz CT molecular complexity index is 598. The van der Waals surface area contributed by atoms with Gasteiger partial charge >= 0.3 is 0 Å². The zero-order valence-electron chi connectivity index (χ0n) is 16.1. The van der Waals surface area contributed by atoms with Crippen molar-refractivity contribution in [1.82, 2.24) is 19.4 Å². The second-order valence-corrected chi connectivity index (χ2v) is 9.02. The normalized spacial score (nSPS) is 23.5.